The van der Waals surface area contributed by atoms with Crippen LogP contribution in [0.25, 0.3) is 11.1 Å². The number of benzene rings is 4. The van der Waals surface area contributed by atoms with Gasteiger partial charge in [-0.25, -0.2) is 0 Å². The van der Waals surface area contributed by atoms with Crippen LogP contribution >= 0.6 is 0 Å². The zero-order valence-electron chi connectivity index (χ0n) is 20.6. The molecule has 0 aromatic heterocycles. The number of nitrogens with zero attached hydrogens (tertiary/aromatic N) is 1. The molecule has 0 fully saturated rings. The molecule has 4 aromatic carbocycles. The molecule has 0 amide bonds. The quantitative estimate of drug-likeness (QED) is 0.288. The minimum atomic E-state index is 0.219. The van der Waals surface area contributed by atoms with Crippen LogP contribution in [-0.2, 0) is 31.1 Å². The standard InChI is InChI=1S/C33H33N/c1-4-33(2,3)29-15-9-23(10-16-29)24-11-17-30(18-12-24)34(31-19-13-25-5-7-27(25)21-31)32-20-14-26-6-8-28(26)22-32/h9-22H,4-8H2,1-3H3. The molecule has 0 bridgehead atoms. The molecular formula is C33H33N. The molecule has 2 aliphatic carbocycles. The summed E-state index contributed by atoms with van der Waals surface area (Å²) in [5.74, 6) is 0. The van der Waals surface area contributed by atoms with Gasteiger partial charge in [0.15, 0.2) is 0 Å². The zero-order valence-corrected chi connectivity index (χ0v) is 20.6. The molecule has 0 aliphatic heterocycles. The molecule has 1 heteroatoms. The van der Waals surface area contributed by atoms with Crippen molar-refractivity contribution in [1.29, 1.82) is 0 Å². The van der Waals surface area contributed by atoms with Crippen molar-refractivity contribution < 1.29 is 0 Å². The van der Waals surface area contributed by atoms with Crippen molar-refractivity contribution >= 4 is 17.1 Å². The fourth-order valence-electron chi connectivity index (χ4n) is 5.21. The van der Waals surface area contributed by atoms with Gasteiger partial charge in [-0.15, -0.1) is 0 Å². The van der Waals surface area contributed by atoms with E-state index in [4.69, 9.17) is 0 Å². The fraction of sp³-hybridized carbons (Fsp3) is 0.273. The molecule has 6 rings (SSSR count). The molecule has 4 aromatic rings. The highest BCUT2D eigenvalue weighted by Gasteiger charge is 2.21. The SMILES string of the molecule is CCC(C)(C)c1ccc(-c2ccc(N(c3ccc4c(c3)CC4)c3ccc4c(c3)CC4)cc2)cc1. The van der Waals surface area contributed by atoms with Crippen molar-refractivity contribution in [2.24, 2.45) is 0 Å². The van der Waals surface area contributed by atoms with E-state index in [1.54, 1.807) is 0 Å². The number of hydrogen-bond acceptors (Lipinski definition) is 1. The van der Waals surface area contributed by atoms with Gasteiger partial charge in [-0.3, -0.25) is 0 Å². The van der Waals surface area contributed by atoms with E-state index in [9.17, 15) is 0 Å². The molecule has 0 spiro atoms. The van der Waals surface area contributed by atoms with Gasteiger partial charge in [0, 0.05) is 17.1 Å². The van der Waals surface area contributed by atoms with Crippen LogP contribution in [0.1, 0.15) is 55.0 Å². The van der Waals surface area contributed by atoms with Crippen LogP contribution in [0.5, 0.6) is 0 Å². The van der Waals surface area contributed by atoms with Crippen molar-refractivity contribution in [3.8, 4) is 11.1 Å². The Bertz CT molecular complexity index is 1290. The van der Waals surface area contributed by atoms with E-state index in [1.165, 1.54) is 81.7 Å². The summed E-state index contributed by atoms with van der Waals surface area (Å²) in [4.78, 5) is 2.42. The highest BCUT2D eigenvalue weighted by atomic mass is 15.1. The predicted octanol–water partition coefficient (Wildman–Crippen LogP) is 8.71. The first-order valence-electron chi connectivity index (χ1n) is 12.8. The summed E-state index contributed by atoms with van der Waals surface area (Å²) in [6.45, 7) is 6.90. The van der Waals surface area contributed by atoms with E-state index in [0.717, 1.165) is 6.42 Å². The average molecular weight is 444 g/mol. The highest BCUT2D eigenvalue weighted by Crippen LogP contribution is 2.40. The Morgan fingerprint density at radius 2 is 1.00 bits per heavy atom. The molecule has 0 radical (unpaired) electrons. The third-order valence-corrected chi connectivity index (χ3v) is 8.23. The summed E-state index contributed by atoms with van der Waals surface area (Å²) in [6, 6.07) is 32.2. The monoisotopic (exact) mass is 443 g/mol. The second-order valence-corrected chi connectivity index (χ2v) is 10.6. The Kier molecular flexibility index (Phi) is 5.10. The third-order valence-electron chi connectivity index (χ3n) is 8.23. The van der Waals surface area contributed by atoms with Gasteiger partial charge in [0.1, 0.15) is 0 Å². The van der Waals surface area contributed by atoms with Crippen molar-refractivity contribution in [3.63, 3.8) is 0 Å². The second kappa shape index (κ2) is 8.17. The lowest BCUT2D eigenvalue weighted by molar-refractivity contribution is 0.506. The predicted molar refractivity (Wildman–Crippen MR) is 145 cm³/mol. The van der Waals surface area contributed by atoms with Crippen LogP contribution in [0.4, 0.5) is 17.1 Å². The van der Waals surface area contributed by atoms with E-state index >= 15 is 0 Å². The van der Waals surface area contributed by atoms with Gasteiger partial charge in [0.25, 0.3) is 0 Å². The Hall–Kier alpha value is -3.32. The molecule has 0 atom stereocenters. The van der Waals surface area contributed by atoms with Crippen molar-refractivity contribution in [1.82, 2.24) is 0 Å². The van der Waals surface area contributed by atoms with Crippen LogP contribution < -0.4 is 4.90 Å². The molecule has 0 saturated heterocycles. The average Bonchev–Trinajstić information content (AvgIpc) is 2.83. The van der Waals surface area contributed by atoms with Crippen molar-refractivity contribution in [2.45, 2.75) is 58.3 Å². The maximum Gasteiger partial charge on any atom is 0.0464 e. The number of aryl methyl sites for hydroxylation is 4. The number of anilines is 3. The largest absolute Gasteiger partial charge is 0.310 e. The van der Waals surface area contributed by atoms with Crippen LogP contribution in [0, 0.1) is 0 Å². The Balaban J connectivity index is 1.35. The van der Waals surface area contributed by atoms with Gasteiger partial charge < -0.3 is 4.90 Å². The third kappa shape index (κ3) is 3.64. The smallest absolute Gasteiger partial charge is 0.0464 e. The fourth-order valence-corrected chi connectivity index (χ4v) is 5.21. The molecular weight excluding hydrogens is 410 g/mol. The zero-order chi connectivity index (χ0) is 23.3. The molecule has 0 N–H and O–H groups in total. The van der Waals surface area contributed by atoms with Gasteiger partial charge in [-0.05, 0) is 113 Å². The molecule has 2 aliphatic rings. The minimum Gasteiger partial charge on any atom is -0.310 e. The number of hydrogen-bond donors (Lipinski definition) is 0. The molecule has 0 unspecified atom stereocenters. The summed E-state index contributed by atoms with van der Waals surface area (Å²) >= 11 is 0. The summed E-state index contributed by atoms with van der Waals surface area (Å²) in [6.07, 6.45) is 5.98. The molecule has 170 valence electrons. The lowest BCUT2D eigenvalue weighted by atomic mass is 9.82. The van der Waals surface area contributed by atoms with Crippen LogP contribution in [-0.4, -0.2) is 0 Å². The lowest BCUT2D eigenvalue weighted by Gasteiger charge is -2.30. The normalized spacial score (nSPS) is 14.0. The Labute approximate surface area is 204 Å². The summed E-state index contributed by atoms with van der Waals surface area (Å²) in [7, 11) is 0. The Morgan fingerprint density at radius 1 is 0.559 bits per heavy atom. The second-order valence-electron chi connectivity index (χ2n) is 10.6. The number of rotatable bonds is 6. The van der Waals surface area contributed by atoms with Gasteiger partial charge in [0.2, 0.25) is 0 Å². The van der Waals surface area contributed by atoms with E-state index in [2.05, 4.69) is 111 Å². The maximum absolute atomic E-state index is 2.42. The summed E-state index contributed by atoms with van der Waals surface area (Å²) in [5, 5.41) is 0. The maximum atomic E-state index is 2.42. The number of fused-ring (bicyclic) bond motifs is 2. The van der Waals surface area contributed by atoms with Crippen LogP contribution in [0.2, 0.25) is 0 Å². The first-order valence-corrected chi connectivity index (χ1v) is 12.8. The van der Waals surface area contributed by atoms with E-state index in [0.29, 0.717) is 0 Å². The topological polar surface area (TPSA) is 3.24 Å². The molecule has 0 heterocycles. The van der Waals surface area contributed by atoms with E-state index in [-0.39, 0.29) is 5.41 Å². The van der Waals surface area contributed by atoms with Gasteiger partial charge in [-0.2, -0.15) is 0 Å². The minimum absolute atomic E-state index is 0.219. The van der Waals surface area contributed by atoms with Crippen molar-refractivity contribution in [3.05, 3.63) is 113 Å². The summed E-state index contributed by atoms with van der Waals surface area (Å²) < 4.78 is 0. The molecule has 34 heavy (non-hydrogen) atoms. The Morgan fingerprint density at radius 3 is 1.41 bits per heavy atom. The first-order chi connectivity index (χ1) is 16.5. The van der Waals surface area contributed by atoms with Crippen LogP contribution in [0.15, 0.2) is 84.9 Å². The van der Waals surface area contributed by atoms with Crippen LogP contribution in [0.3, 0.4) is 0 Å². The molecule has 1 nitrogen and oxygen atoms in total. The first kappa shape index (κ1) is 21.2. The van der Waals surface area contributed by atoms with Gasteiger partial charge in [-0.1, -0.05) is 69.3 Å². The van der Waals surface area contributed by atoms with E-state index in [1.807, 2.05) is 0 Å². The highest BCUT2D eigenvalue weighted by molar-refractivity contribution is 5.79. The molecule has 0 saturated carbocycles. The van der Waals surface area contributed by atoms with Gasteiger partial charge >= 0.3 is 0 Å². The van der Waals surface area contributed by atoms with Crippen molar-refractivity contribution in [2.75, 3.05) is 4.90 Å². The summed E-state index contributed by atoms with van der Waals surface area (Å²) in [5.41, 5.74) is 13.9. The van der Waals surface area contributed by atoms with Gasteiger partial charge in [0.05, 0.1) is 0 Å². The van der Waals surface area contributed by atoms with E-state index < -0.39 is 0 Å². The lowest BCUT2D eigenvalue weighted by Crippen LogP contribution is -2.16.